The molecule has 1 aromatic rings. The minimum atomic E-state index is -0.186. The van der Waals surface area contributed by atoms with Crippen LogP contribution in [0.15, 0.2) is 30.3 Å². The molecule has 5 nitrogen and oxygen atoms in total. The van der Waals surface area contributed by atoms with Gasteiger partial charge in [-0.2, -0.15) is 0 Å². The fourth-order valence-electron chi connectivity index (χ4n) is 2.97. The maximum atomic E-state index is 11.9. The SMILES string of the molecule is O=C(CCCC(=O)c1ccccc1)NCC(=O)NC1CCCCC1. The van der Waals surface area contributed by atoms with Gasteiger partial charge in [-0.15, -0.1) is 0 Å². The van der Waals surface area contributed by atoms with Crippen molar-refractivity contribution in [1.82, 2.24) is 10.6 Å². The second-order valence-corrected chi connectivity index (χ2v) is 6.32. The first-order chi connectivity index (χ1) is 11.6. The van der Waals surface area contributed by atoms with Crippen LogP contribution in [0.2, 0.25) is 0 Å². The summed E-state index contributed by atoms with van der Waals surface area (Å²) in [6, 6.07) is 9.32. The summed E-state index contributed by atoms with van der Waals surface area (Å²) in [6.45, 7) is 0.0158. The molecule has 1 saturated carbocycles. The van der Waals surface area contributed by atoms with Gasteiger partial charge in [-0.05, 0) is 19.3 Å². The van der Waals surface area contributed by atoms with Crippen molar-refractivity contribution in [3.8, 4) is 0 Å². The van der Waals surface area contributed by atoms with E-state index in [4.69, 9.17) is 0 Å². The minimum Gasteiger partial charge on any atom is -0.352 e. The molecule has 130 valence electrons. The molecular formula is C19H26N2O3. The number of hydrogen-bond acceptors (Lipinski definition) is 3. The topological polar surface area (TPSA) is 75.3 Å². The first kappa shape index (κ1) is 18.2. The van der Waals surface area contributed by atoms with Gasteiger partial charge in [0.1, 0.15) is 0 Å². The molecule has 0 aromatic heterocycles. The fourth-order valence-corrected chi connectivity index (χ4v) is 2.97. The summed E-state index contributed by atoms with van der Waals surface area (Å²) in [6.07, 6.45) is 6.71. The molecule has 0 radical (unpaired) electrons. The van der Waals surface area contributed by atoms with Gasteiger partial charge in [0, 0.05) is 24.4 Å². The van der Waals surface area contributed by atoms with E-state index in [0.717, 1.165) is 25.7 Å². The second-order valence-electron chi connectivity index (χ2n) is 6.32. The molecule has 2 N–H and O–H groups in total. The molecule has 1 fully saturated rings. The van der Waals surface area contributed by atoms with E-state index >= 15 is 0 Å². The number of amides is 2. The first-order valence-electron chi connectivity index (χ1n) is 8.79. The molecule has 5 heteroatoms. The zero-order valence-corrected chi connectivity index (χ0v) is 14.1. The lowest BCUT2D eigenvalue weighted by molar-refractivity contribution is -0.126. The highest BCUT2D eigenvalue weighted by molar-refractivity contribution is 5.96. The Bertz CT molecular complexity index is 551. The fraction of sp³-hybridized carbons (Fsp3) is 0.526. The molecule has 0 aliphatic heterocycles. The van der Waals surface area contributed by atoms with Gasteiger partial charge >= 0.3 is 0 Å². The molecule has 0 bridgehead atoms. The Morgan fingerprint density at radius 2 is 1.62 bits per heavy atom. The normalized spacial score (nSPS) is 14.8. The minimum absolute atomic E-state index is 0.0158. The van der Waals surface area contributed by atoms with E-state index in [0.29, 0.717) is 18.4 Å². The van der Waals surface area contributed by atoms with Crippen molar-refractivity contribution in [2.24, 2.45) is 0 Å². The van der Waals surface area contributed by atoms with E-state index in [2.05, 4.69) is 10.6 Å². The van der Waals surface area contributed by atoms with Crippen molar-refractivity contribution in [3.63, 3.8) is 0 Å². The molecule has 0 atom stereocenters. The van der Waals surface area contributed by atoms with Gasteiger partial charge in [-0.3, -0.25) is 14.4 Å². The van der Waals surface area contributed by atoms with E-state index < -0.39 is 0 Å². The molecule has 0 heterocycles. The Hall–Kier alpha value is -2.17. The molecule has 0 spiro atoms. The van der Waals surface area contributed by atoms with Crippen LogP contribution in [0, 0.1) is 0 Å². The third-order valence-electron chi connectivity index (χ3n) is 4.32. The number of carbonyl (C=O) groups excluding carboxylic acids is 3. The van der Waals surface area contributed by atoms with Crippen LogP contribution >= 0.6 is 0 Å². The van der Waals surface area contributed by atoms with Gasteiger partial charge in [0.15, 0.2) is 5.78 Å². The molecule has 1 aromatic carbocycles. The molecule has 1 aliphatic carbocycles. The Morgan fingerprint density at radius 1 is 0.917 bits per heavy atom. The summed E-state index contributed by atoms with van der Waals surface area (Å²) in [4.78, 5) is 35.5. The van der Waals surface area contributed by atoms with Crippen molar-refractivity contribution < 1.29 is 14.4 Å². The standard InChI is InChI=1S/C19H26N2O3/c22-17(15-8-3-1-4-9-15)12-7-13-18(23)20-14-19(24)21-16-10-5-2-6-11-16/h1,3-4,8-9,16H,2,5-7,10-14H2,(H,20,23)(H,21,24). The summed E-state index contributed by atoms with van der Waals surface area (Å²) < 4.78 is 0. The maximum Gasteiger partial charge on any atom is 0.239 e. The summed E-state index contributed by atoms with van der Waals surface area (Å²) in [5, 5.41) is 5.59. The molecule has 0 unspecified atom stereocenters. The van der Waals surface area contributed by atoms with Gasteiger partial charge in [-0.1, -0.05) is 49.6 Å². The van der Waals surface area contributed by atoms with E-state index in [1.807, 2.05) is 18.2 Å². The van der Waals surface area contributed by atoms with E-state index in [-0.39, 0.29) is 36.6 Å². The Kier molecular flexibility index (Phi) is 7.46. The van der Waals surface area contributed by atoms with E-state index in [9.17, 15) is 14.4 Å². The molecule has 2 rings (SSSR count). The largest absolute Gasteiger partial charge is 0.352 e. The molecule has 24 heavy (non-hydrogen) atoms. The highest BCUT2D eigenvalue weighted by atomic mass is 16.2. The quantitative estimate of drug-likeness (QED) is 0.720. The third-order valence-corrected chi connectivity index (χ3v) is 4.32. The van der Waals surface area contributed by atoms with Crippen LogP contribution < -0.4 is 10.6 Å². The van der Waals surface area contributed by atoms with E-state index in [1.165, 1.54) is 6.42 Å². The van der Waals surface area contributed by atoms with Gasteiger partial charge < -0.3 is 10.6 Å². The molecule has 2 amide bonds. The highest BCUT2D eigenvalue weighted by Crippen LogP contribution is 2.17. The molecule has 1 aliphatic rings. The Morgan fingerprint density at radius 3 is 2.33 bits per heavy atom. The predicted octanol–water partition coefficient (Wildman–Crippen LogP) is 2.60. The van der Waals surface area contributed by atoms with Crippen LogP contribution in [0.3, 0.4) is 0 Å². The summed E-state index contributed by atoms with van der Waals surface area (Å²) in [7, 11) is 0. The number of nitrogens with one attached hydrogen (secondary N) is 2. The van der Waals surface area contributed by atoms with Crippen LogP contribution in [0.5, 0.6) is 0 Å². The van der Waals surface area contributed by atoms with Crippen molar-refractivity contribution in [2.45, 2.75) is 57.4 Å². The Labute approximate surface area is 143 Å². The van der Waals surface area contributed by atoms with Crippen LogP contribution in [-0.2, 0) is 9.59 Å². The number of carbonyl (C=O) groups is 3. The van der Waals surface area contributed by atoms with Crippen molar-refractivity contribution in [3.05, 3.63) is 35.9 Å². The second kappa shape index (κ2) is 9.85. The Balaban J connectivity index is 1.57. The predicted molar refractivity (Wildman–Crippen MR) is 92.6 cm³/mol. The number of hydrogen-bond donors (Lipinski definition) is 2. The molecular weight excluding hydrogens is 304 g/mol. The van der Waals surface area contributed by atoms with Crippen molar-refractivity contribution >= 4 is 17.6 Å². The number of rotatable bonds is 8. The number of Topliss-reactive ketones (excluding diaryl/α,β-unsaturated/α-hetero) is 1. The van der Waals surface area contributed by atoms with Gasteiger partial charge in [-0.25, -0.2) is 0 Å². The highest BCUT2D eigenvalue weighted by Gasteiger charge is 2.16. The zero-order valence-electron chi connectivity index (χ0n) is 14.1. The zero-order chi connectivity index (χ0) is 17.2. The smallest absolute Gasteiger partial charge is 0.239 e. The van der Waals surface area contributed by atoms with E-state index in [1.54, 1.807) is 12.1 Å². The van der Waals surface area contributed by atoms with Gasteiger partial charge in [0.25, 0.3) is 0 Å². The van der Waals surface area contributed by atoms with Gasteiger partial charge in [0.2, 0.25) is 11.8 Å². The van der Waals surface area contributed by atoms with Crippen LogP contribution in [0.1, 0.15) is 61.7 Å². The van der Waals surface area contributed by atoms with Crippen LogP contribution in [-0.4, -0.2) is 30.2 Å². The lowest BCUT2D eigenvalue weighted by atomic mass is 9.95. The van der Waals surface area contributed by atoms with Gasteiger partial charge in [0.05, 0.1) is 6.54 Å². The summed E-state index contributed by atoms with van der Waals surface area (Å²) in [5.41, 5.74) is 0.671. The third kappa shape index (κ3) is 6.52. The van der Waals surface area contributed by atoms with Crippen LogP contribution in [0.25, 0.3) is 0 Å². The van der Waals surface area contributed by atoms with Crippen LogP contribution in [0.4, 0.5) is 0 Å². The summed E-state index contributed by atoms with van der Waals surface area (Å²) in [5.74, 6) is -0.274. The lowest BCUT2D eigenvalue weighted by Crippen LogP contribution is -2.42. The van der Waals surface area contributed by atoms with Crippen molar-refractivity contribution in [1.29, 1.82) is 0 Å². The molecule has 0 saturated heterocycles. The number of benzene rings is 1. The monoisotopic (exact) mass is 330 g/mol. The lowest BCUT2D eigenvalue weighted by Gasteiger charge is -2.22. The summed E-state index contributed by atoms with van der Waals surface area (Å²) >= 11 is 0. The average Bonchev–Trinajstić information content (AvgIpc) is 2.61. The maximum absolute atomic E-state index is 11.9. The average molecular weight is 330 g/mol. The first-order valence-corrected chi connectivity index (χ1v) is 8.79. The number of ketones is 1. The van der Waals surface area contributed by atoms with Crippen molar-refractivity contribution in [2.75, 3.05) is 6.54 Å².